The van der Waals surface area contributed by atoms with Crippen LogP contribution in [0.4, 0.5) is 0 Å². The van der Waals surface area contributed by atoms with Crippen molar-refractivity contribution in [1.82, 2.24) is 4.73 Å². The molecule has 4 nitrogen and oxygen atoms in total. The first-order chi connectivity index (χ1) is 8.27. The standard InChI is InChI=1S/C12H13NO3S/c1-3-16-12(14)9-6-7-13(15-2)11(9)10-5-4-8-17-10/h4-8H,3H2,1-2H3. The second kappa shape index (κ2) is 5.05. The molecule has 0 aliphatic carbocycles. The molecule has 0 N–H and O–H groups in total. The molecule has 0 aliphatic heterocycles. The number of hydrogen-bond donors (Lipinski definition) is 0. The molecule has 0 saturated carbocycles. The minimum Gasteiger partial charge on any atom is -0.462 e. The van der Waals surface area contributed by atoms with Gasteiger partial charge in [-0.3, -0.25) is 0 Å². The molecule has 5 heteroatoms. The van der Waals surface area contributed by atoms with Crippen LogP contribution in [0, 0.1) is 0 Å². The number of carbonyl (C=O) groups is 1. The molecule has 0 saturated heterocycles. The van der Waals surface area contributed by atoms with Crippen LogP contribution in [0.2, 0.25) is 0 Å². The van der Waals surface area contributed by atoms with Crippen LogP contribution >= 0.6 is 11.3 Å². The summed E-state index contributed by atoms with van der Waals surface area (Å²) in [4.78, 5) is 18.0. The summed E-state index contributed by atoms with van der Waals surface area (Å²) in [5.74, 6) is -0.327. The molecule has 2 heterocycles. The van der Waals surface area contributed by atoms with Crippen molar-refractivity contribution < 1.29 is 14.4 Å². The molecule has 0 radical (unpaired) electrons. The van der Waals surface area contributed by atoms with E-state index in [0.29, 0.717) is 12.2 Å². The normalized spacial score (nSPS) is 10.2. The molecule has 17 heavy (non-hydrogen) atoms. The van der Waals surface area contributed by atoms with Gasteiger partial charge in [-0.05, 0) is 24.4 Å². The van der Waals surface area contributed by atoms with Gasteiger partial charge < -0.3 is 9.57 Å². The van der Waals surface area contributed by atoms with Gasteiger partial charge >= 0.3 is 5.97 Å². The fourth-order valence-electron chi connectivity index (χ4n) is 1.59. The van der Waals surface area contributed by atoms with E-state index in [4.69, 9.17) is 9.57 Å². The lowest BCUT2D eigenvalue weighted by Crippen LogP contribution is -2.09. The van der Waals surface area contributed by atoms with Crippen LogP contribution in [0.25, 0.3) is 10.6 Å². The zero-order chi connectivity index (χ0) is 12.3. The number of carbonyl (C=O) groups excluding carboxylic acids is 1. The third-order valence-electron chi connectivity index (χ3n) is 2.30. The fraction of sp³-hybridized carbons (Fsp3) is 0.250. The summed E-state index contributed by atoms with van der Waals surface area (Å²) in [7, 11) is 1.56. The van der Waals surface area contributed by atoms with E-state index >= 15 is 0 Å². The average molecular weight is 251 g/mol. The second-order valence-electron chi connectivity index (χ2n) is 3.28. The number of thiophene rings is 1. The van der Waals surface area contributed by atoms with Crippen molar-refractivity contribution in [3.8, 4) is 10.6 Å². The number of aromatic nitrogens is 1. The third-order valence-corrected chi connectivity index (χ3v) is 3.18. The minimum absolute atomic E-state index is 0.327. The first-order valence-corrected chi connectivity index (χ1v) is 6.12. The minimum atomic E-state index is -0.327. The summed E-state index contributed by atoms with van der Waals surface area (Å²) in [6.07, 6.45) is 1.71. The Labute approximate surface area is 103 Å². The van der Waals surface area contributed by atoms with E-state index in [1.165, 1.54) is 0 Å². The highest BCUT2D eigenvalue weighted by Gasteiger charge is 2.19. The summed E-state index contributed by atoms with van der Waals surface area (Å²) in [6.45, 7) is 2.15. The van der Waals surface area contributed by atoms with Crippen molar-refractivity contribution in [3.05, 3.63) is 35.3 Å². The molecule has 2 rings (SSSR count). The maximum absolute atomic E-state index is 11.8. The van der Waals surface area contributed by atoms with Crippen LogP contribution in [0.3, 0.4) is 0 Å². The lowest BCUT2D eigenvalue weighted by Gasteiger charge is -2.07. The molecule has 0 spiro atoms. The number of esters is 1. The Hall–Kier alpha value is -1.75. The van der Waals surface area contributed by atoms with E-state index in [1.54, 1.807) is 42.4 Å². The highest BCUT2D eigenvalue weighted by atomic mass is 32.1. The van der Waals surface area contributed by atoms with Gasteiger partial charge in [-0.2, -0.15) is 4.73 Å². The van der Waals surface area contributed by atoms with Crippen molar-refractivity contribution in [2.75, 3.05) is 13.7 Å². The smallest absolute Gasteiger partial charge is 0.340 e. The molecule has 0 bridgehead atoms. The zero-order valence-electron chi connectivity index (χ0n) is 9.67. The van der Waals surface area contributed by atoms with E-state index in [2.05, 4.69) is 0 Å². The molecular formula is C12H13NO3S. The van der Waals surface area contributed by atoms with Gasteiger partial charge in [-0.15, -0.1) is 11.3 Å². The monoisotopic (exact) mass is 251 g/mol. The van der Waals surface area contributed by atoms with Gasteiger partial charge in [-0.25, -0.2) is 4.79 Å². The van der Waals surface area contributed by atoms with Gasteiger partial charge in [0.1, 0.15) is 12.8 Å². The Kier molecular flexibility index (Phi) is 3.49. The SMILES string of the molecule is CCOC(=O)c1ccn(OC)c1-c1cccs1. The van der Waals surface area contributed by atoms with Gasteiger partial charge in [0, 0.05) is 6.20 Å². The Morgan fingerprint density at radius 2 is 2.29 bits per heavy atom. The number of ether oxygens (including phenoxy) is 1. The first-order valence-electron chi connectivity index (χ1n) is 5.24. The summed E-state index contributed by atoms with van der Waals surface area (Å²) >= 11 is 1.55. The van der Waals surface area contributed by atoms with Crippen molar-refractivity contribution in [2.45, 2.75) is 6.92 Å². The maximum Gasteiger partial charge on any atom is 0.340 e. The molecule has 2 aromatic rings. The van der Waals surface area contributed by atoms with Gasteiger partial charge in [0.2, 0.25) is 0 Å². The van der Waals surface area contributed by atoms with E-state index in [9.17, 15) is 4.79 Å². The lowest BCUT2D eigenvalue weighted by atomic mass is 10.2. The highest BCUT2D eigenvalue weighted by Crippen LogP contribution is 2.29. The Morgan fingerprint density at radius 3 is 2.88 bits per heavy atom. The molecule has 0 amide bonds. The van der Waals surface area contributed by atoms with E-state index in [1.807, 2.05) is 17.5 Å². The molecule has 0 aliphatic rings. The largest absolute Gasteiger partial charge is 0.462 e. The summed E-state index contributed by atoms with van der Waals surface area (Å²) < 4.78 is 6.59. The van der Waals surface area contributed by atoms with Gasteiger partial charge in [0.05, 0.1) is 17.0 Å². The van der Waals surface area contributed by atoms with Crippen LogP contribution in [0.15, 0.2) is 29.8 Å². The third kappa shape index (κ3) is 2.19. The summed E-state index contributed by atoms with van der Waals surface area (Å²) in [5, 5.41) is 1.96. The molecule has 0 aromatic carbocycles. The van der Waals surface area contributed by atoms with E-state index in [0.717, 1.165) is 10.6 Å². The Balaban J connectivity index is 2.47. The Bertz CT molecular complexity index is 502. The quantitative estimate of drug-likeness (QED) is 0.784. The van der Waals surface area contributed by atoms with E-state index < -0.39 is 0 Å². The lowest BCUT2D eigenvalue weighted by molar-refractivity contribution is 0.0526. The van der Waals surface area contributed by atoms with Crippen LogP contribution < -0.4 is 4.84 Å². The van der Waals surface area contributed by atoms with Crippen LogP contribution in [0.5, 0.6) is 0 Å². The van der Waals surface area contributed by atoms with Crippen molar-refractivity contribution >= 4 is 17.3 Å². The summed E-state index contributed by atoms with van der Waals surface area (Å²) in [6, 6.07) is 5.58. The molecule has 2 aromatic heterocycles. The number of rotatable bonds is 4. The predicted octanol–water partition coefficient (Wildman–Crippen LogP) is 2.45. The van der Waals surface area contributed by atoms with Crippen LogP contribution in [0.1, 0.15) is 17.3 Å². The van der Waals surface area contributed by atoms with Crippen LogP contribution in [-0.4, -0.2) is 24.4 Å². The molecule has 0 atom stereocenters. The zero-order valence-corrected chi connectivity index (χ0v) is 10.5. The molecular weight excluding hydrogens is 238 g/mol. The number of hydrogen-bond acceptors (Lipinski definition) is 4. The van der Waals surface area contributed by atoms with Crippen molar-refractivity contribution in [3.63, 3.8) is 0 Å². The predicted molar refractivity (Wildman–Crippen MR) is 66.2 cm³/mol. The second-order valence-corrected chi connectivity index (χ2v) is 4.23. The molecule has 0 unspecified atom stereocenters. The first kappa shape index (κ1) is 11.7. The topological polar surface area (TPSA) is 40.5 Å². The van der Waals surface area contributed by atoms with Gasteiger partial charge in [-0.1, -0.05) is 6.07 Å². The van der Waals surface area contributed by atoms with E-state index in [-0.39, 0.29) is 5.97 Å². The fourth-order valence-corrected chi connectivity index (χ4v) is 2.37. The summed E-state index contributed by atoms with van der Waals surface area (Å²) in [5.41, 5.74) is 1.26. The Morgan fingerprint density at radius 1 is 1.47 bits per heavy atom. The van der Waals surface area contributed by atoms with Gasteiger partial charge in [0.15, 0.2) is 0 Å². The molecule has 90 valence electrons. The van der Waals surface area contributed by atoms with Crippen molar-refractivity contribution in [1.29, 1.82) is 0 Å². The van der Waals surface area contributed by atoms with Gasteiger partial charge in [0.25, 0.3) is 0 Å². The molecule has 0 fully saturated rings. The van der Waals surface area contributed by atoms with Crippen molar-refractivity contribution in [2.24, 2.45) is 0 Å². The maximum atomic E-state index is 11.8. The van der Waals surface area contributed by atoms with Crippen LogP contribution in [-0.2, 0) is 4.74 Å². The highest BCUT2D eigenvalue weighted by molar-refractivity contribution is 7.13. The number of nitrogens with zero attached hydrogens (tertiary/aromatic N) is 1. The average Bonchev–Trinajstić information content (AvgIpc) is 2.97.